The SMILES string of the molecule is [C-]#[N+]C1C(=O)NC2(C)NC(=O)C([N+]#[C-])C12C. The summed E-state index contributed by atoms with van der Waals surface area (Å²) in [5.74, 6) is -0.845. The lowest BCUT2D eigenvalue weighted by molar-refractivity contribution is -0.123. The first-order valence-corrected chi connectivity index (χ1v) is 4.78. The molecule has 6 nitrogen and oxygen atoms in total. The lowest BCUT2D eigenvalue weighted by atomic mass is 9.73. The molecule has 2 heterocycles. The molecule has 2 N–H and O–H groups in total. The lowest BCUT2D eigenvalue weighted by Gasteiger charge is -2.29. The standard InChI is InChI=1S/C10H10N4O2/c1-9-5(11-3)7(15)13-10(9,2)14-8(16)6(9)12-4/h5-6H,1-2H3,(H,13,15)(H,14,16). The van der Waals surface area contributed by atoms with Crippen molar-refractivity contribution in [2.75, 3.05) is 0 Å². The summed E-state index contributed by atoms with van der Waals surface area (Å²) in [5.41, 5.74) is -2.00. The summed E-state index contributed by atoms with van der Waals surface area (Å²) >= 11 is 0. The predicted molar refractivity (Wildman–Crippen MR) is 53.6 cm³/mol. The number of hydrogen-bond donors (Lipinski definition) is 2. The molecule has 0 aliphatic carbocycles. The minimum absolute atomic E-state index is 0.423. The fourth-order valence-electron chi connectivity index (χ4n) is 2.56. The molecule has 2 aliphatic rings. The molecule has 2 aliphatic heterocycles. The van der Waals surface area contributed by atoms with Crippen molar-refractivity contribution in [3.05, 3.63) is 22.8 Å². The number of nitrogens with one attached hydrogen (secondary N) is 2. The van der Waals surface area contributed by atoms with Crippen molar-refractivity contribution in [1.82, 2.24) is 10.6 Å². The number of hydrogen-bond acceptors (Lipinski definition) is 2. The Bertz CT molecular complexity index is 434. The van der Waals surface area contributed by atoms with E-state index in [2.05, 4.69) is 20.3 Å². The quantitative estimate of drug-likeness (QED) is 0.540. The highest BCUT2D eigenvalue weighted by Gasteiger charge is 2.77. The number of fused-ring (bicyclic) bond motifs is 1. The van der Waals surface area contributed by atoms with Gasteiger partial charge in [-0.1, -0.05) is 0 Å². The van der Waals surface area contributed by atoms with Crippen molar-refractivity contribution in [3.8, 4) is 0 Å². The molecule has 16 heavy (non-hydrogen) atoms. The van der Waals surface area contributed by atoms with Gasteiger partial charge in [0.25, 0.3) is 0 Å². The van der Waals surface area contributed by atoms with Gasteiger partial charge < -0.3 is 20.3 Å². The predicted octanol–water partition coefficient (Wildman–Crippen LogP) is -0.456. The molecule has 0 aromatic carbocycles. The van der Waals surface area contributed by atoms with Crippen LogP contribution >= 0.6 is 0 Å². The largest absolute Gasteiger partial charge is 0.326 e. The second-order valence-corrected chi connectivity index (χ2v) is 4.45. The zero-order chi connectivity index (χ0) is 12.1. The van der Waals surface area contributed by atoms with E-state index in [0.29, 0.717) is 0 Å². The van der Waals surface area contributed by atoms with Crippen molar-refractivity contribution in [2.45, 2.75) is 31.6 Å². The fraction of sp³-hybridized carbons (Fsp3) is 0.600. The molecule has 2 atom stereocenters. The topological polar surface area (TPSA) is 66.9 Å². The van der Waals surface area contributed by atoms with Gasteiger partial charge in [0.05, 0.1) is 0 Å². The molecule has 6 heteroatoms. The molecule has 2 fully saturated rings. The minimum Gasteiger partial charge on any atom is -0.326 e. The maximum Gasteiger partial charge on any atom is 0.317 e. The van der Waals surface area contributed by atoms with E-state index in [-0.39, 0.29) is 0 Å². The lowest BCUT2D eigenvalue weighted by Crippen LogP contribution is -2.55. The first-order valence-electron chi connectivity index (χ1n) is 4.78. The zero-order valence-corrected chi connectivity index (χ0v) is 8.87. The molecular formula is C10H10N4O2. The van der Waals surface area contributed by atoms with E-state index in [1.54, 1.807) is 13.8 Å². The van der Waals surface area contributed by atoms with E-state index >= 15 is 0 Å². The summed E-state index contributed by atoms with van der Waals surface area (Å²) in [6, 6.07) is -1.98. The van der Waals surface area contributed by atoms with Crippen LogP contribution in [0, 0.1) is 18.6 Å². The van der Waals surface area contributed by atoms with Crippen molar-refractivity contribution in [2.24, 2.45) is 5.41 Å². The first-order chi connectivity index (χ1) is 7.40. The van der Waals surface area contributed by atoms with Gasteiger partial charge >= 0.3 is 23.9 Å². The Hall–Kier alpha value is -2.08. The van der Waals surface area contributed by atoms with E-state index in [4.69, 9.17) is 13.1 Å². The average molecular weight is 218 g/mol. The highest BCUT2D eigenvalue weighted by atomic mass is 16.2. The molecule has 0 radical (unpaired) electrons. The molecule has 2 unspecified atom stereocenters. The van der Waals surface area contributed by atoms with Crippen LogP contribution in [0.25, 0.3) is 9.69 Å². The summed E-state index contributed by atoms with van der Waals surface area (Å²) in [6.45, 7) is 17.4. The molecule has 2 amide bonds. The van der Waals surface area contributed by atoms with Crippen LogP contribution in [0.5, 0.6) is 0 Å². The fourth-order valence-corrected chi connectivity index (χ4v) is 2.56. The van der Waals surface area contributed by atoms with Crippen LogP contribution in [0.4, 0.5) is 0 Å². The second-order valence-electron chi connectivity index (χ2n) is 4.45. The van der Waals surface area contributed by atoms with Crippen LogP contribution in [0.15, 0.2) is 0 Å². The third-order valence-electron chi connectivity index (χ3n) is 3.71. The van der Waals surface area contributed by atoms with Crippen LogP contribution in [-0.4, -0.2) is 29.6 Å². The maximum absolute atomic E-state index is 11.6. The summed E-state index contributed by atoms with van der Waals surface area (Å²) in [4.78, 5) is 29.8. The van der Waals surface area contributed by atoms with Crippen molar-refractivity contribution >= 4 is 11.8 Å². The average Bonchev–Trinajstić information content (AvgIpc) is 2.46. The number of carbonyl (C=O) groups excluding carboxylic acids is 2. The number of carbonyl (C=O) groups is 2. The zero-order valence-electron chi connectivity index (χ0n) is 8.87. The summed E-state index contributed by atoms with van der Waals surface area (Å²) in [5, 5.41) is 5.20. The van der Waals surface area contributed by atoms with Crippen LogP contribution < -0.4 is 10.6 Å². The first kappa shape index (κ1) is 10.4. The van der Waals surface area contributed by atoms with E-state index in [0.717, 1.165) is 0 Å². The smallest absolute Gasteiger partial charge is 0.317 e. The van der Waals surface area contributed by atoms with Gasteiger partial charge in [-0.3, -0.25) is 9.59 Å². The van der Waals surface area contributed by atoms with Gasteiger partial charge in [0, 0.05) is 0 Å². The summed E-state index contributed by atoms with van der Waals surface area (Å²) in [7, 11) is 0. The highest BCUT2D eigenvalue weighted by Crippen LogP contribution is 2.48. The number of rotatable bonds is 0. The van der Waals surface area contributed by atoms with Crippen LogP contribution in [-0.2, 0) is 9.59 Å². The Balaban J connectivity index is 2.61. The Morgan fingerprint density at radius 3 is 1.75 bits per heavy atom. The Kier molecular flexibility index (Phi) is 1.78. The molecule has 0 aromatic heterocycles. The van der Waals surface area contributed by atoms with Crippen molar-refractivity contribution in [1.29, 1.82) is 0 Å². The van der Waals surface area contributed by atoms with Crippen molar-refractivity contribution < 1.29 is 9.59 Å². The highest BCUT2D eigenvalue weighted by molar-refractivity contribution is 5.97. The van der Waals surface area contributed by atoms with E-state index in [9.17, 15) is 9.59 Å². The van der Waals surface area contributed by atoms with Gasteiger partial charge in [-0.25, -0.2) is 13.1 Å². The van der Waals surface area contributed by atoms with Crippen molar-refractivity contribution in [3.63, 3.8) is 0 Å². The van der Waals surface area contributed by atoms with Crippen LogP contribution in [0.1, 0.15) is 13.8 Å². The monoisotopic (exact) mass is 218 g/mol. The molecule has 0 bridgehead atoms. The maximum atomic E-state index is 11.6. The van der Waals surface area contributed by atoms with Gasteiger partial charge in [-0.15, -0.1) is 0 Å². The summed E-state index contributed by atoms with van der Waals surface area (Å²) in [6.07, 6.45) is 0. The molecule has 0 spiro atoms. The van der Waals surface area contributed by atoms with Gasteiger partial charge in [0.2, 0.25) is 0 Å². The van der Waals surface area contributed by atoms with Crippen LogP contribution in [0.2, 0.25) is 0 Å². The van der Waals surface area contributed by atoms with Crippen LogP contribution in [0.3, 0.4) is 0 Å². The summed E-state index contributed by atoms with van der Waals surface area (Å²) < 4.78 is 0. The van der Waals surface area contributed by atoms with E-state index in [1.165, 1.54) is 0 Å². The Labute approximate surface area is 92.6 Å². The molecule has 0 aromatic rings. The van der Waals surface area contributed by atoms with Gasteiger partial charge in [-0.2, -0.15) is 0 Å². The second kappa shape index (κ2) is 2.73. The minimum atomic E-state index is -1.01. The molecular weight excluding hydrogens is 208 g/mol. The number of amides is 2. The molecule has 2 saturated heterocycles. The van der Waals surface area contributed by atoms with E-state index < -0.39 is 35.0 Å². The molecule has 2 rings (SSSR count). The Morgan fingerprint density at radius 1 is 1.06 bits per heavy atom. The normalized spacial score (nSPS) is 45.2. The third kappa shape index (κ3) is 0.849. The molecule has 82 valence electrons. The Morgan fingerprint density at radius 2 is 1.44 bits per heavy atom. The van der Waals surface area contributed by atoms with E-state index in [1.807, 2.05) is 0 Å². The molecule has 0 saturated carbocycles. The van der Waals surface area contributed by atoms with Gasteiger partial charge in [-0.05, 0) is 13.8 Å². The third-order valence-corrected chi connectivity index (χ3v) is 3.71. The van der Waals surface area contributed by atoms with Gasteiger partial charge in [0.15, 0.2) is 5.41 Å². The number of nitrogens with zero attached hydrogens (tertiary/aromatic N) is 2. The van der Waals surface area contributed by atoms with Gasteiger partial charge in [0.1, 0.15) is 5.66 Å².